The van der Waals surface area contributed by atoms with Gasteiger partial charge in [0.25, 0.3) is 5.91 Å². The predicted molar refractivity (Wildman–Crippen MR) is 58.1 cm³/mol. The van der Waals surface area contributed by atoms with Crippen molar-refractivity contribution in [2.24, 2.45) is 5.73 Å². The average molecular weight is 216 g/mol. The SMILES string of the molecule is NC(=O)c1ccc(F)c(-c2ccccc2)n1. The molecule has 3 nitrogen and oxygen atoms in total. The smallest absolute Gasteiger partial charge is 0.267 e. The van der Waals surface area contributed by atoms with Crippen molar-refractivity contribution in [2.75, 3.05) is 0 Å². The normalized spacial score (nSPS) is 10.1. The van der Waals surface area contributed by atoms with Crippen molar-refractivity contribution in [2.45, 2.75) is 0 Å². The lowest BCUT2D eigenvalue weighted by Crippen LogP contribution is -2.13. The predicted octanol–water partition coefficient (Wildman–Crippen LogP) is 1.99. The molecule has 1 aromatic heterocycles. The molecule has 2 rings (SSSR count). The first kappa shape index (κ1) is 10.3. The third-order valence-electron chi connectivity index (χ3n) is 2.15. The second kappa shape index (κ2) is 4.10. The molecule has 80 valence electrons. The van der Waals surface area contributed by atoms with E-state index in [0.717, 1.165) is 0 Å². The molecule has 1 aromatic carbocycles. The second-order valence-electron chi connectivity index (χ2n) is 3.26. The van der Waals surface area contributed by atoms with Crippen molar-refractivity contribution >= 4 is 5.91 Å². The number of primary amides is 1. The maximum Gasteiger partial charge on any atom is 0.267 e. The molecule has 0 unspecified atom stereocenters. The van der Waals surface area contributed by atoms with Crippen LogP contribution in [0.3, 0.4) is 0 Å². The Labute approximate surface area is 91.7 Å². The van der Waals surface area contributed by atoms with Crippen LogP contribution < -0.4 is 5.73 Å². The minimum atomic E-state index is -0.669. The molecule has 0 aliphatic carbocycles. The number of carbonyl (C=O) groups excluding carboxylic acids is 1. The molecule has 0 aliphatic rings. The fourth-order valence-corrected chi connectivity index (χ4v) is 1.38. The minimum Gasteiger partial charge on any atom is -0.364 e. The lowest BCUT2D eigenvalue weighted by molar-refractivity contribution is 0.0995. The molecular formula is C12H9FN2O. The van der Waals surface area contributed by atoms with Crippen LogP contribution in [0, 0.1) is 5.82 Å². The van der Waals surface area contributed by atoms with E-state index in [1.54, 1.807) is 24.3 Å². The van der Waals surface area contributed by atoms with E-state index in [1.807, 2.05) is 6.07 Å². The van der Waals surface area contributed by atoms with E-state index in [4.69, 9.17) is 5.73 Å². The van der Waals surface area contributed by atoms with Crippen LogP contribution in [0.4, 0.5) is 4.39 Å². The number of nitrogens with zero attached hydrogens (tertiary/aromatic N) is 1. The number of hydrogen-bond acceptors (Lipinski definition) is 2. The van der Waals surface area contributed by atoms with Crippen molar-refractivity contribution in [3.8, 4) is 11.3 Å². The summed E-state index contributed by atoms with van der Waals surface area (Å²) in [5, 5.41) is 0. The molecule has 2 N–H and O–H groups in total. The molecule has 4 heteroatoms. The molecule has 16 heavy (non-hydrogen) atoms. The molecule has 0 bridgehead atoms. The van der Waals surface area contributed by atoms with Crippen molar-refractivity contribution in [3.63, 3.8) is 0 Å². The molecular weight excluding hydrogens is 207 g/mol. The number of rotatable bonds is 2. The van der Waals surface area contributed by atoms with Gasteiger partial charge in [-0.3, -0.25) is 4.79 Å². The highest BCUT2D eigenvalue weighted by Gasteiger charge is 2.10. The fraction of sp³-hybridized carbons (Fsp3) is 0. The number of benzene rings is 1. The van der Waals surface area contributed by atoms with Gasteiger partial charge in [0, 0.05) is 5.56 Å². The molecule has 1 amide bonds. The van der Waals surface area contributed by atoms with Gasteiger partial charge in [0.2, 0.25) is 0 Å². The van der Waals surface area contributed by atoms with Crippen molar-refractivity contribution in [1.29, 1.82) is 0 Å². The highest BCUT2D eigenvalue weighted by atomic mass is 19.1. The van der Waals surface area contributed by atoms with E-state index >= 15 is 0 Å². The number of hydrogen-bond donors (Lipinski definition) is 1. The number of nitrogens with two attached hydrogens (primary N) is 1. The summed E-state index contributed by atoms with van der Waals surface area (Å²) in [6.07, 6.45) is 0. The zero-order valence-electron chi connectivity index (χ0n) is 8.35. The number of pyridine rings is 1. The summed E-state index contributed by atoms with van der Waals surface area (Å²) in [4.78, 5) is 14.8. The number of amides is 1. The van der Waals surface area contributed by atoms with E-state index in [0.29, 0.717) is 5.56 Å². The lowest BCUT2D eigenvalue weighted by Gasteiger charge is -2.03. The Morgan fingerprint density at radius 3 is 2.44 bits per heavy atom. The Bertz CT molecular complexity index is 526. The summed E-state index contributed by atoms with van der Waals surface area (Å²) in [6, 6.07) is 11.3. The molecule has 0 saturated heterocycles. The Hall–Kier alpha value is -2.23. The molecule has 0 saturated carbocycles. The van der Waals surface area contributed by atoms with Gasteiger partial charge in [-0.1, -0.05) is 30.3 Å². The highest BCUT2D eigenvalue weighted by Crippen LogP contribution is 2.20. The van der Waals surface area contributed by atoms with Crippen LogP contribution in [0.15, 0.2) is 42.5 Å². The zero-order chi connectivity index (χ0) is 11.5. The molecule has 0 atom stereocenters. The van der Waals surface area contributed by atoms with Crippen LogP contribution in [-0.2, 0) is 0 Å². The van der Waals surface area contributed by atoms with E-state index < -0.39 is 11.7 Å². The number of aromatic nitrogens is 1. The molecule has 2 aromatic rings. The van der Waals surface area contributed by atoms with Crippen LogP contribution in [0.2, 0.25) is 0 Å². The summed E-state index contributed by atoms with van der Waals surface area (Å²) in [5.74, 6) is -1.15. The van der Waals surface area contributed by atoms with Gasteiger partial charge in [-0.15, -0.1) is 0 Å². The standard InChI is InChI=1S/C12H9FN2O/c13-9-6-7-10(12(14)16)15-11(9)8-4-2-1-3-5-8/h1-7H,(H2,14,16). The van der Waals surface area contributed by atoms with Crippen LogP contribution in [0.5, 0.6) is 0 Å². The topological polar surface area (TPSA) is 56.0 Å². The van der Waals surface area contributed by atoms with E-state index in [-0.39, 0.29) is 11.4 Å². The molecule has 0 spiro atoms. The summed E-state index contributed by atoms with van der Waals surface area (Å²) < 4.78 is 13.5. The maximum atomic E-state index is 13.5. The van der Waals surface area contributed by atoms with Gasteiger partial charge in [-0.25, -0.2) is 9.37 Å². The molecule has 0 aliphatic heterocycles. The number of carbonyl (C=O) groups is 1. The van der Waals surface area contributed by atoms with Gasteiger partial charge in [0.15, 0.2) is 0 Å². The van der Waals surface area contributed by atoms with E-state index in [1.165, 1.54) is 12.1 Å². The lowest BCUT2D eigenvalue weighted by atomic mass is 10.1. The first-order chi connectivity index (χ1) is 7.68. The minimum absolute atomic E-state index is 0.0558. The van der Waals surface area contributed by atoms with Crippen LogP contribution >= 0.6 is 0 Å². The monoisotopic (exact) mass is 216 g/mol. The first-order valence-electron chi connectivity index (χ1n) is 4.70. The van der Waals surface area contributed by atoms with Gasteiger partial charge in [0.05, 0.1) is 0 Å². The van der Waals surface area contributed by atoms with Crippen molar-refractivity contribution in [1.82, 2.24) is 4.98 Å². The Morgan fingerprint density at radius 2 is 1.81 bits per heavy atom. The van der Waals surface area contributed by atoms with Gasteiger partial charge in [-0.2, -0.15) is 0 Å². The summed E-state index contributed by atoms with van der Waals surface area (Å²) in [5.41, 5.74) is 5.89. The Kier molecular flexibility index (Phi) is 2.64. The first-order valence-corrected chi connectivity index (χ1v) is 4.70. The second-order valence-corrected chi connectivity index (χ2v) is 3.26. The largest absolute Gasteiger partial charge is 0.364 e. The summed E-state index contributed by atoms with van der Waals surface area (Å²) in [6.45, 7) is 0. The van der Waals surface area contributed by atoms with Crippen molar-refractivity contribution < 1.29 is 9.18 Å². The Morgan fingerprint density at radius 1 is 1.12 bits per heavy atom. The number of halogens is 1. The van der Waals surface area contributed by atoms with E-state index in [9.17, 15) is 9.18 Å². The van der Waals surface area contributed by atoms with Crippen LogP contribution in [0.1, 0.15) is 10.5 Å². The van der Waals surface area contributed by atoms with Crippen molar-refractivity contribution in [3.05, 3.63) is 54.0 Å². The molecule has 0 radical (unpaired) electrons. The summed E-state index contributed by atoms with van der Waals surface area (Å²) in [7, 11) is 0. The van der Waals surface area contributed by atoms with Gasteiger partial charge < -0.3 is 5.73 Å². The van der Waals surface area contributed by atoms with Gasteiger partial charge >= 0.3 is 0 Å². The quantitative estimate of drug-likeness (QED) is 0.834. The average Bonchev–Trinajstić information content (AvgIpc) is 2.30. The Balaban J connectivity index is 2.56. The zero-order valence-corrected chi connectivity index (χ0v) is 8.35. The van der Waals surface area contributed by atoms with Crippen LogP contribution in [-0.4, -0.2) is 10.9 Å². The third kappa shape index (κ3) is 1.91. The maximum absolute atomic E-state index is 13.5. The molecule has 1 heterocycles. The van der Waals surface area contributed by atoms with Crippen LogP contribution in [0.25, 0.3) is 11.3 Å². The fourth-order valence-electron chi connectivity index (χ4n) is 1.38. The van der Waals surface area contributed by atoms with E-state index in [2.05, 4.69) is 4.98 Å². The summed E-state index contributed by atoms with van der Waals surface area (Å²) >= 11 is 0. The third-order valence-corrected chi connectivity index (χ3v) is 2.15. The molecule has 0 fully saturated rings. The highest BCUT2D eigenvalue weighted by molar-refractivity contribution is 5.91. The van der Waals surface area contributed by atoms with Gasteiger partial charge in [0.1, 0.15) is 17.2 Å². The van der Waals surface area contributed by atoms with Gasteiger partial charge in [-0.05, 0) is 12.1 Å².